The van der Waals surface area contributed by atoms with E-state index in [-0.39, 0.29) is 23.7 Å². The summed E-state index contributed by atoms with van der Waals surface area (Å²) in [5.74, 6) is -0.576. The minimum Gasteiger partial charge on any atom is -0.494 e. The van der Waals surface area contributed by atoms with E-state index >= 15 is 0 Å². The first kappa shape index (κ1) is 16.5. The van der Waals surface area contributed by atoms with Crippen LogP contribution in [-0.4, -0.2) is 47.1 Å². The lowest BCUT2D eigenvalue weighted by atomic mass is 10.1. The number of carbonyl (C=O) groups is 1. The van der Waals surface area contributed by atoms with E-state index in [0.29, 0.717) is 30.0 Å². The zero-order valence-corrected chi connectivity index (χ0v) is 13.8. The molecular weight excluding hydrogens is 334 g/mol. The molecule has 0 saturated carbocycles. The minimum absolute atomic E-state index is 0.0109. The molecule has 2 heterocycles. The summed E-state index contributed by atoms with van der Waals surface area (Å²) < 4.78 is 32.1. The van der Waals surface area contributed by atoms with E-state index in [1.54, 1.807) is 12.1 Å². The number of hydrogen-bond donors (Lipinski definition) is 2. The second-order valence-electron chi connectivity index (χ2n) is 5.33. The molecule has 3 rings (SSSR count). The Morgan fingerprint density at radius 2 is 2.08 bits per heavy atom. The van der Waals surface area contributed by atoms with Crippen LogP contribution in [0.1, 0.15) is 28.7 Å². The summed E-state index contributed by atoms with van der Waals surface area (Å²) in [7, 11) is -3.71. The highest BCUT2D eigenvalue weighted by Gasteiger charge is 2.32. The van der Waals surface area contributed by atoms with Crippen molar-refractivity contribution in [2.24, 2.45) is 0 Å². The molecule has 0 radical (unpaired) electrons. The number of fused-ring (bicyclic) bond motifs is 1. The van der Waals surface area contributed by atoms with E-state index in [2.05, 4.69) is 10.2 Å². The number of H-pyrrole nitrogens is 1. The maximum absolute atomic E-state index is 12.8. The van der Waals surface area contributed by atoms with Crippen molar-refractivity contribution in [3.63, 3.8) is 0 Å². The average molecular weight is 351 g/mol. The Morgan fingerprint density at radius 1 is 1.38 bits per heavy atom. The van der Waals surface area contributed by atoms with Gasteiger partial charge in [-0.2, -0.15) is 9.40 Å². The highest BCUT2D eigenvalue weighted by atomic mass is 32.2. The molecule has 0 bridgehead atoms. The van der Waals surface area contributed by atoms with Crippen LogP contribution in [0.15, 0.2) is 29.2 Å². The minimum atomic E-state index is -3.71. The number of ether oxygens (including phenoxy) is 1. The lowest BCUT2D eigenvalue weighted by molar-refractivity contribution is 0.0688. The molecule has 128 valence electrons. The van der Waals surface area contributed by atoms with Gasteiger partial charge >= 0.3 is 5.97 Å². The molecule has 0 saturated heterocycles. The highest BCUT2D eigenvalue weighted by Crippen LogP contribution is 2.26. The van der Waals surface area contributed by atoms with Gasteiger partial charge in [-0.25, -0.2) is 13.2 Å². The Bertz CT molecular complexity index is 858. The Morgan fingerprint density at radius 3 is 2.71 bits per heavy atom. The lowest BCUT2D eigenvalue weighted by Crippen LogP contribution is -2.36. The summed E-state index contributed by atoms with van der Waals surface area (Å²) in [6, 6.07) is 6.19. The smallest absolute Gasteiger partial charge is 0.356 e. The van der Waals surface area contributed by atoms with E-state index in [4.69, 9.17) is 9.84 Å². The summed E-state index contributed by atoms with van der Waals surface area (Å²) in [4.78, 5) is 11.3. The van der Waals surface area contributed by atoms with Crippen molar-refractivity contribution in [1.82, 2.24) is 14.5 Å². The molecule has 0 fully saturated rings. The molecule has 0 amide bonds. The van der Waals surface area contributed by atoms with E-state index < -0.39 is 16.0 Å². The number of hydrogen-bond acceptors (Lipinski definition) is 5. The van der Waals surface area contributed by atoms with Crippen molar-refractivity contribution >= 4 is 16.0 Å². The Balaban J connectivity index is 1.88. The number of nitrogens with zero attached hydrogens (tertiary/aromatic N) is 2. The predicted octanol–water partition coefficient (Wildman–Crippen LogP) is 1.25. The molecule has 1 aromatic heterocycles. The molecule has 0 spiro atoms. The quantitative estimate of drug-likeness (QED) is 0.838. The molecule has 1 aliphatic rings. The molecule has 0 aliphatic carbocycles. The number of nitrogens with one attached hydrogen (secondary N) is 1. The topological polar surface area (TPSA) is 113 Å². The number of sulfonamides is 1. The van der Waals surface area contributed by atoms with Gasteiger partial charge in [0.1, 0.15) is 5.75 Å². The van der Waals surface area contributed by atoms with Crippen LogP contribution in [0.25, 0.3) is 0 Å². The largest absolute Gasteiger partial charge is 0.494 e. The van der Waals surface area contributed by atoms with Gasteiger partial charge in [0.05, 0.1) is 11.5 Å². The van der Waals surface area contributed by atoms with Crippen LogP contribution in [0.2, 0.25) is 0 Å². The number of aromatic nitrogens is 2. The van der Waals surface area contributed by atoms with Gasteiger partial charge in [-0.3, -0.25) is 5.10 Å². The number of carboxylic acid groups (broad SMARTS) is 1. The van der Waals surface area contributed by atoms with Crippen molar-refractivity contribution in [3.05, 3.63) is 41.2 Å². The number of aromatic carboxylic acids is 1. The standard InChI is InChI=1S/C15H17N3O5S/c1-2-23-10-3-5-11(6-4-10)24(21,22)18-8-7-13-12(9-18)14(15(19)20)17-16-13/h3-6H,2,7-9H2,1H3,(H,16,17)(H,19,20). The van der Waals surface area contributed by atoms with Crippen molar-refractivity contribution in [2.45, 2.75) is 24.8 Å². The predicted molar refractivity (Wildman–Crippen MR) is 84.5 cm³/mol. The molecule has 2 N–H and O–H groups in total. The fourth-order valence-electron chi connectivity index (χ4n) is 2.68. The maximum Gasteiger partial charge on any atom is 0.356 e. The number of benzene rings is 1. The molecule has 0 unspecified atom stereocenters. The number of aromatic amines is 1. The average Bonchev–Trinajstić information content (AvgIpc) is 2.99. The first-order valence-corrected chi connectivity index (χ1v) is 8.90. The molecule has 9 heteroatoms. The third-order valence-electron chi connectivity index (χ3n) is 3.87. The van der Waals surface area contributed by atoms with Crippen molar-refractivity contribution in [2.75, 3.05) is 13.2 Å². The third-order valence-corrected chi connectivity index (χ3v) is 5.73. The van der Waals surface area contributed by atoms with Crippen LogP contribution >= 0.6 is 0 Å². The van der Waals surface area contributed by atoms with E-state index in [0.717, 1.165) is 0 Å². The molecule has 0 atom stereocenters. The highest BCUT2D eigenvalue weighted by molar-refractivity contribution is 7.89. The van der Waals surface area contributed by atoms with Gasteiger partial charge < -0.3 is 9.84 Å². The fourth-order valence-corrected chi connectivity index (χ4v) is 4.08. The first-order chi connectivity index (χ1) is 11.4. The van der Waals surface area contributed by atoms with Gasteiger partial charge in [0.15, 0.2) is 5.69 Å². The third kappa shape index (κ3) is 2.87. The normalized spacial score (nSPS) is 15.0. The van der Waals surface area contributed by atoms with Crippen LogP contribution in [0, 0.1) is 0 Å². The number of rotatable bonds is 5. The molecule has 1 aliphatic heterocycles. The zero-order chi connectivity index (χ0) is 17.3. The first-order valence-electron chi connectivity index (χ1n) is 7.46. The van der Waals surface area contributed by atoms with Crippen LogP contribution < -0.4 is 4.74 Å². The van der Waals surface area contributed by atoms with Crippen molar-refractivity contribution in [1.29, 1.82) is 0 Å². The maximum atomic E-state index is 12.8. The molecule has 24 heavy (non-hydrogen) atoms. The van der Waals surface area contributed by atoms with Gasteiger partial charge in [0.25, 0.3) is 0 Å². The molecular formula is C15H17N3O5S. The number of carboxylic acids is 1. The lowest BCUT2D eigenvalue weighted by Gasteiger charge is -2.26. The van der Waals surface area contributed by atoms with E-state index in [9.17, 15) is 13.2 Å². The Hall–Kier alpha value is -2.39. The molecule has 2 aromatic rings. The van der Waals surface area contributed by atoms with Crippen LogP contribution in [-0.2, 0) is 23.0 Å². The van der Waals surface area contributed by atoms with E-state index in [1.165, 1.54) is 16.4 Å². The Kier molecular flexibility index (Phi) is 4.29. The second kappa shape index (κ2) is 6.25. The fraction of sp³-hybridized carbons (Fsp3) is 0.333. The SMILES string of the molecule is CCOc1ccc(S(=O)(=O)N2CCc3[nH]nc(C(=O)O)c3C2)cc1. The zero-order valence-electron chi connectivity index (χ0n) is 13.0. The van der Waals surface area contributed by atoms with Gasteiger partial charge in [-0.1, -0.05) is 0 Å². The summed E-state index contributed by atoms with van der Waals surface area (Å²) in [6.45, 7) is 2.60. The van der Waals surface area contributed by atoms with Crippen LogP contribution in [0.4, 0.5) is 0 Å². The van der Waals surface area contributed by atoms with Crippen LogP contribution in [0.3, 0.4) is 0 Å². The Labute approximate surface area is 139 Å². The summed E-state index contributed by atoms with van der Waals surface area (Å²) in [5, 5.41) is 15.6. The second-order valence-corrected chi connectivity index (χ2v) is 7.27. The summed E-state index contributed by atoms with van der Waals surface area (Å²) in [6.07, 6.45) is 0.395. The summed E-state index contributed by atoms with van der Waals surface area (Å²) >= 11 is 0. The van der Waals surface area contributed by atoms with Crippen molar-refractivity contribution < 1.29 is 23.1 Å². The van der Waals surface area contributed by atoms with Gasteiger partial charge in [0, 0.05) is 30.8 Å². The molecule has 8 nitrogen and oxygen atoms in total. The van der Waals surface area contributed by atoms with Gasteiger partial charge in [-0.05, 0) is 31.2 Å². The van der Waals surface area contributed by atoms with Crippen molar-refractivity contribution in [3.8, 4) is 5.75 Å². The van der Waals surface area contributed by atoms with E-state index in [1.807, 2.05) is 6.92 Å². The van der Waals surface area contributed by atoms with Gasteiger partial charge in [0.2, 0.25) is 10.0 Å². The summed E-state index contributed by atoms with van der Waals surface area (Å²) in [5.41, 5.74) is 0.963. The van der Waals surface area contributed by atoms with Gasteiger partial charge in [-0.15, -0.1) is 0 Å². The molecule has 1 aromatic carbocycles. The van der Waals surface area contributed by atoms with Crippen LogP contribution in [0.5, 0.6) is 5.75 Å². The monoisotopic (exact) mass is 351 g/mol.